The van der Waals surface area contributed by atoms with Crippen molar-refractivity contribution in [2.24, 2.45) is 0 Å². The van der Waals surface area contributed by atoms with Crippen molar-refractivity contribution in [3.8, 4) is 5.75 Å². The lowest BCUT2D eigenvalue weighted by Crippen LogP contribution is -2.38. The van der Waals surface area contributed by atoms with Gasteiger partial charge in [0.1, 0.15) is 12.4 Å². The molecule has 3 rings (SSSR count). The molecule has 1 aliphatic rings. The first-order chi connectivity index (χ1) is 12.3. The molecule has 0 unspecified atom stereocenters. The maximum Gasteiger partial charge on any atom is 0.264 e. The molecule has 1 aliphatic heterocycles. The molecule has 1 amide bonds. The van der Waals surface area contributed by atoms with Gasteiger partial charge in [0.25, 0.3) is 10.0 Å². The van der Waals surface area contributed by atoms with Gasteiger partial charge >= 0.3 is 0 Å². The predicted octanol–water partition coefficient (Wildman–Crippen LogP) is 2.44. The Hall–Kier alpha value is -2.87. The molecule has 0 bridgehead atoms. The molecule has 26 heavy (non-hydrogen) atoms. The lowest BCUT2D eigenvalue weighted by atomic mass is 10.1. The molecule has 2 aromatic rings. The van der Waals surface area contributed by atoms with Gasteiger partial charge in [0, 0.05) is 18.2 Å². The number of sulfonamides is 1. The Kier molecular flexibility index (Phi) is 4.69. The Bertz CT molecular complexity index is 968. The minimum Gasteiger partial charge on any atom is -0.489 e. The average molecular weight is 374 g/mol. The molecule has 0 aliphatic carbocycles. The monoisotopic (exact) mass is 374 g/mol. The van der Waals surface area contributed by atoms with Crippen molar-refractivity contribution in [3.63, 3.8) is 0 Å². The zero-order valence-electron chi connectivity index (χ0n) is 14.4. The molecule has 8 heteroatoms. The van der Waals surface area contributed by atoms with Crippen LogP contribution < -0.4 is 14.4 Å². The van der Waals surface area contributed by atoms with E-state index in [2.05, 4.69) is 5.32 Å². The number of carbonyl (C=O) groups is 2. The van der Waals surface area contributed by atoms with E-state index in [1.807, 2.05) is 0 Å². The largest absolute Gasteiger partial charge is 0.489 e. The number of rotatable bonds is 4. The molecular formula is C18H18N2O5S. The zero-order chi connectivity index (χ0) is 18.9. The molecular weight excluding hydrogens is 356 g/mol. The minimum absolute atomic E-state index is 0.0904. The summed E-state index contributed by atoms with van der Waals surface area (Å²) >= 11 is 0. The number of ether oxygens (including phenoxy) is 1. The Morgan fingerprint density at radius 3 is 2.38 bits per heavy atom. The fraction of sp³-hybridized carbons (Fsp3) is 0.222. The molecule has 0 saturated carbocycles. The van der Waals surface area contributed by atoms with E-state index in [1.165, 1.54) is 48.5 Å². The summed E-state index contributed by atoms with van der Waals surface area (Å²) < 4.78 is 32.9. The average Bonchev–Trinajstić information content (AvgIpc) is 2.60. The summed E-state index contributed by atoms with van der Waals surface area (Å²) in [4.78, 5) is 22.8. The maximum absolute atomic E-state index is 13.1. The molecule has 1 heterocycles. The Balaban J connectivity index is 1.99. The number of amides is 1. The summed E-state index contributed by atoms with van der Waals surface area (Å²) in [6.07, 6.45) is 0. The first-order valence-electron chi connectivity index (χ1n) is 7.97. The van der Waals surface area contributed by atoms with Gasteiger partial charge in [-0.05, 0) is 49.4 Å². The number of nitrogens with zero attached hydrogens (tertiary/aromatic N) is 1. The fourth-order valence-electron chi connectivity index (χ4n) is 2.70. The molecule has 136 valence electrons. The number of carbonyl (C=O) groups excluding carboxylic acids is 2. The lowest BCUT2D eigenvalue weighted by molar-refractivity contribution is -0.114. The summed E-state index contributed by atoms with van der Waals surface area (Å²) in [6.45, 7) is 3.16. The fourth-order valence-corrected chi connectivity index (χ4v) is 4.15. The van der Waals surface area contributed by atoms with Gasteiger partial charge in [-0.25, -0.2) is 8.42 Å². The minimum atomic E-state index is -3.83. The number of anilines is 2. The number of hydrogen-bond acceptors (Lipinski definition) is 5. The van der Waals surface area contributed by atoms with Crippen LogP contribution >= 0.6 is 0 Å². The maximum atomic E-state index is 13.1. The van der Waals surface area contributed by atoms with E-state index < -0.39 is 10.0 Å². The molecule has 0 spiro atoms. The van der Waals surface area contributed by atoms with Crippen LogP contribution in [-0.4, -0.2) is 33.3 Å². The molecule has 2 aromatic carbocycles. The third kappa shape index (κ3) is 3.41. The third-order valence-corrected chi connectivity index (χ3v) is 5.78. The van der Waals surface area contributed by atoms with Crippen LogP contribution in [0.25, 0.3) is 0 Å². The van der Waals surface area contributed by atoms with Gasteiger partial charge in [0.15, 0.2) is 5.78 Å². The van der Waals surface area contributed by atoms with Crippen molar-refractivity contribution in [2.75, 3.05) is 22.8 Å². The second-order valence-corrected chi connectivity index (χ2v) is 7.73. The van der Waals surface area contributed by atoms with Gasteiger partial charge in [-0.3, -0.25) is 13.9 Å². The second-order valence-electron chi connectivity index (χ2n) is 5.87. The molecule has 0 radical (unpaired) electrons. The number of benzene rings is 2. The highest BCUT2D eigenvalue weighted by atomic mass is 32.2. The van der Waals surface area contributed by atoms with E-state index in [1.54, 1.807) is 12.1 Å². The van der Waals surface area contributed by atoms with Crippen molar-refractivity contribution in [1.29, 1.82) is 0 Å². The SMILES string of the molecule is CC(=O)Nc1ccc(S(=O)(=O)N2CCOc3ccc(C(C)=O)cc32)cc1. The quantitative estimate of drug-likeness (QED) is 0.830. The van der Waals surface area contributed by atoms with Crippen LogP contribution in [0, 0.1) is 0 Å². The third-order valence-electron chi connectivity index (χ3n) is 3.95. The number of Topliss-reactive ketones (excluding diaryl/α,β-unsaturated/α-hetero) is 1. The number of nitrogens with one attached hydrogen (secondary N) is 1. The molecule has 1 N–H and O–H groups in total. The van der Waals surface area contributed by atoms with E-state index in [4.69, 9.17) is 4.74 Å². The van der Waals surface area contributed by atoms with Gasteiger partial charge in [0.05, 0.1) is 17.1 Å². The van der Waals surface area contributed by atoms with E-state index in [0.29, 0.717) is 22.7 Å². The number of hydrogen-bond donors (Lipinski definition) is 1. The predicted molar refractivity (Wildman–Crippen MR) is 97.2 cm³/mol. The van der Waals surface area contributed by atoms with Gasteiger partial charge in [-0.15, -0.1) is 0 Å². The smallest absolute Gasteiger partial charge is 0.264 e. The highest BCUT2D eigenvalue weighted by Gasteiger charge is 2.30. The Morgan fingerprint density at radius 2 is 1.77 bits per heavy atom. The first kappa shape index (κ1) is 17.9. The van der Waals surface area contributed by atoms with Crippen LogP contribution in [-0.2, 0) is 14.8 Å². The number of ketones is 1. The summed E-state index contributed by atoms with van der Waals surface area (Å²) in [7, 11) is -3.83. The molecule has 7 nitrogen and oxygen atoms in total. The Labute approximate surface area is 151 Å². The second kappa shape index (κ2) is 6.80. The van der Waals surface area contributed by atoms with Crippen LogP contribution in [0.2, 0.25) is 0 Å². The van der Waals surface area contributed by atoms with E-state index >= 15 is 0 Å². The van der Waals surface area contributed by atoms with Crippen LogP contribution in [0.3, 0.4) is 0 Å². The van der Waals surface area contributed by atoms with Crippen LogP contribution in [0.5, 0.6) is 5.75 Å². The highest BCUT2D eigenvalue weighted by Crippen LogP contribution is 2.36. The van der Waals surface area contributed by atoms with E-state index in [9.17, 15) is 18.0 Å². The molecule has 0 fully saturated rings. The normalized spacial score (nSPS) is 13.5. The van der Waals surface area contributed by atoms with Crippen LogP contribution in [0.15, 0.2) is 47.4 Å². The van der Waals surface area contributed by atoms with E-state index in [-0.39, 0.29) is 29.7 Å². The van der Waals surface area contributed by atoms with Gasteiger partial charge in [-0.1, -0.05) is 0 Å². The highest BCUT2D eigenvalue weighted by molar-refractivity contribution is 7.92. The summed E-state index contributed by atoms with van der Waals surface area (Å²) in [6, 6.07) is 10.7. The molecule has 0 aromatic heterocycles. The summed E-state index contributed by atoms with van der Waals surface area (Å²) in [5, 5.41) is 2.59. The van der Waals surface area contributed by atoms with Gasteiger partial charge < -0.3 is 10.1 Å². The lowest BCUT2D eigenvalue weighted by Gasteiger charge is -2.30. The zero-order valence-corrected chi connectivity index (χ0v) is 15.2. The first-order valence-corrected chi connectivity index (χ1v) is 9.41. The Morgan fingerprint density at radius 1 is 1.08 bits per heavy atom. The van der Waals surface area contributed by atoms with Gasteiger partial charge in [-0.2, -0.15) is 0 Å². The van der Waals surface area contributed by atoms with Crippen molar-refractivity contribution in [1.82, 2.24) is 0 Å². The van der Waals surface area contributed by atoms with Crippen molar-refractivity contribution < 1.29 is 22.7 Å². The molecule has 0 atom stereocenters. The van der Waals surface area contributed by atoms with Crippen LogP contribution in [0.1, 0.15) is 24.2 Å². The molecule has 0 saturated heterocycles. The standard InChI is InChI=1S/C18H18N2O5S/c1-12(21)14-3-8-18-17(11-14)20(9-10-25-18)26(23,24)16-6-4-15(5-7-16)19-13(2)22/h3-8,11H,9-10H2,1-2H3,(H,19,22). The van der Waals surface area contributed by atoms with E-state index in [0.717, 1.165) is 0 Å². The summed E-state index contributed by atoms with van der Waals surface area (Å²) in [5.74, 6) is 0.0227. The number of fused-ring (bicyclic) bond motifs is 1. The summed E-state index contributed by atoms with van der Waals surface area (Å²) in [5.41, 5.74) is 1.27. The van der Waals surface area contributed by atoms with Crippen molar-refractivity contribution >= 4 is 33.1 Å². The van der Waals surface area contributed by atoms with Gasteiger partial charge in [0.2, 0.25) is 5.91 Å². The van der Waals surface area contributed by atoms with Crippen molar-refractivity contribution in [2.45, 2.75) is 18.7 Å². The van der Waals surface area contributed by atoms with Crippen molar-refractivity contribution in [3.05, 3.63) is 48.0 Å². The topological polar surface area (TPSA) is 92.8 Å². The van der Waals surface area contributed by atoms with Crippen LogP contribution in [0.4, 0.5) is 11.4 Å².